The van der Waals surface area contributed by atoms with Gasteiger partial charge in [-0.3, -0.25) is 4.79 Å². The molecule has 3 heteroatoms. The van der Waals surface area contributed by atoms with Crippen LogP contribution in [0.1, 0.15) is 36.4 Å². The van der Waals surface area contributed by atoms with E-state index in [0.717, 1.165) is 17.5 Å². The first kappa shape index (κ1) is 15.3. The average molecular weight is 282 g/mol. The van der Waals surface area contributed by atoms with E-state index in [4.69, 9.17) is 5.73 Å². The Kier molecular flexibility index (Phi) is 5.52. The predicted octanol–water partition coefficient (Wildman–Crippen LogP) is 3.00. The molecule has 0 heterocycles. The number of rotatable bonds is 6. The maximum atomic E-state index is 12.1. The Morgan fingerprint density at radius 3 is 2.10 bits per heavy atom. The number of hydrogen-bond donors (Lipinski definition) is 2. The maximum absolute atomic E-state index is 12.1. The molecule has 0 aliphatic rings. The van der Waals surface area contributed by atoms with Gasteiger partial charge >= 0.3 is 0 Å². The summed E-state index contributed by atoms with van der Waals surface area (Å²) >= 11 is 0. The molecule has 1 amide bonds. The third kappa shape index (κ3) is 4.43. The summed E-state index contributed by atoms with van der Waals surface area (Å²) in [6.45, 7) is 2.51. The van der Waals surface area contributed by atoms with Gasteiger partial charge in [-0.1, -0.05) is 60.7 Å². The van der Waals surface area contributed by atoms with Crippen LogP contribution in [0.5, 0.6) is 0 Å². The molecule has 0 spiro atoms. The van der Waals surface area contributed by atoms with Crippen LogP contribution in [-0.4, -0.2) is 12.5 Å². The fraction of sp³-hybridized carbons (Fsp3) is 0.278. The first-order chi connectivity index (χ1) is 10.2. The molecular formula is C18H22N2O. The van der Waals surface area contributed by atoms with Crippen molar-refractivity contribution >= 4 is 5.91 Å². The third-order valence-electron chi connectivity index (χ3n) is 3.68. The molecule has 0 saturated heterocycles. The molecule has 3 N–H and O–H groups in total. The number of nitrogens with two attached hydrogens (primary N) is 1. The van der Waals surface area contributed by atoms with E-state index < -0.39 is 0 Å². The SMILES string of the molecule is CC(C(=O)NCCC(N)c1ccccc1)c1ccccc1. The number of nitrogens with one attached hydrogen (secondary N) is 1. The van der Waals surface area contributed by atoms with Crippen LogP contribution in [0.2, 0.25) is 0 Å². The van der Waals surface area contributed by atoms with Crippen LogP contribution >= 0.6 is 0 Å². The van der Waals surface area contributed by atoms with Crippen molar-refractivity contribution in [1.82, 2.24) is 5.32 Å². The summed E-state index contributed by atoms with van der Waals surface area (Å²) in [5.41, 5.74) is 8.25. The van der Waals surface area contributed by atoms with Crippen molar-refractivity contribution in [2.45, 2.75) is 25.3 Å². The van der Waals surface area contributed by atoms with Crippen LogP contribution in [0.25, 0.3) is 0 Å². The molecule has 0 saturated carbocycles. The van der Waals surface area contributed by atoms with Crippen LogP contribution < -0.4 is 11.1 Å². The molecule has 0 aliphatic carbocycles. The largest absolute Gasteiger partial charge is 0.356 e. The van der Waals surface area contributed by atoms with E-state index in [2.05, 4.69) is 5.32 Å². The van der Waals surface area contributed by atoms with Gasteiger partial charge < -0.3 is 11.1 Å². The van der Waals surface area contributed by atoms with Gasteiger partial charge in [-0.05, 0) is 24.5 Å². The summed E-state index contributed by atoms with van der Waals surface area (Å²) in [6, 6.07) is 19.7. The summed E-state index contributed by atoms with van der Waals surface area (Å²) in [5, 5.41) is 2.96. The first-order valence-electron chi connectivity index (χ1n) is 7.31. The summed E-state index contributed by atoms with van der Waals surface area (Å²) in [5.74, 6) is -0.0967. The predicted molar refractivity (Wildman–Crippen MR) is 85.9 cm³/mol. The van der Waals surface area contributed by atoms with Gasteiger partial charge in [0.05, 0.1) is 5.92 Å². The zero-order chi connectivity index (χ0) is 15.1. The van der Waals surface area contributed by atoms with E-state index in [1.807, 2.05) is 67.6 Å². The first-order valence-corrected chi connectivity index (χ1v) is 7.31. The quantitative estimate of drug-likeness (QED) is 0.855. The van der Waals surface area contributed by atoms with Gasteiger partial charge in [-0.25, -0.2) is 0 Å². The minimum Gasteiger partial charge on any atom is -0.356 e. The number of amides is 1. The van der Waals surface area contributed by atoms with E-state index >= 15 is 0 Å². The molecular weight excluding hydrogens is 260 g/mol. The summed E-state index contributed by atoms with van der Waals surface area (Å²) in [6.07, 6.45) is 0.733. The van der Waals surface area contributed by atoms with Crippen LogP contribution in [-0.2, 0) is 4.79 Å². The Hall–Kier alpha value is -2.13. The second-order valence-corrected chi connectivity index (χ2v) is 5.23. The molecule has 0 radical (unpaired) electrons. The molecule has 0 aromatic heterocycles. The lowest BCUT2D eigenvalue weighted by Gasteiger charge is -2.15. The standard InChI is InChI=1S/C18H22N2O/c1-14(15-8-4-2-5-9-15)18(21)20-13-12-17(19)16-10-6-3-7-11-16/h2-11,14,17H,12-13,19H2,1H3,(H,20,21). The number of carbonyl (C=O) groups is 1. The number of hydrogen-bond acceptors (Lipinski definition) is 2. The zero-order valence-corrected chi connectivity index (χ0v) is 12.3. The smallest absolute Gasteiger partial charge is 0.227 e. The molecule has 2 unspecified atom stereocenters. The van der Waals surface area contributed by atoms with Gasteiger partial charge in [0.25, 0.3) is 0 Å². The molecule has 0 fully saturated rings. The van der Waals surface area contributed by atoms with Crippen molar-refractivity contribution in [3.05, 3.63) is 71.8 Å². The lowest BCUT2D eigenvalue weighted by Crippen LogP contribution is -2.30. The van der Waals surface area contributed by atoms with Gasteiger partial charge in [0, 0.05) is 12.6 Å². The van der Waals surface area contributed by atoms with Gasteiger partial charge in [0.15, 0.2) is 0 Å². The van der Waals surface area contributed by atoms with E-state index in [1.54, 1.807) is 0 Å². The highest BCUT2D eigenvalue weighted by Crippen LogP contribution is 2.15. The van der Waals surface area contributed by atoms with Crippen LogP contribution in [0.15, 0.2) is 60.7 Å². The highest BCUT2D eigenvalue weighted by molar-refractivity contribution is 5.83. The van der Waals surface area contributed by atoms with Gasteiger partial charge in [-0.15, -0.1) is 0 Å². The van der Waals surface area contributed by atoms with Crippen LogP contribution in [0.3, 0.4) is 0 Å². The summed E-state index contributed by atoms with van der Waals surface area (Å²) < 4.78 is 0. The van der Waals surface area contributed by atoms with E-state index in [9.17, 15) is 4.79 Å². The highest BCUT2D eigenvalue weighted by Gasteiger charge is 2.14. The highest BCUT2D eigenvalue weighted by atomic mass is 16.1. The molecule has 2 aromatic rings. The third-order valence-corrected chi connectivity index (χ3v) is 3.68. The van der Waals surface area contributed by atoms with Crippen molar-refractivity contribution < 1.29 is 4.79 Å². The molecule has 0 aliphatic heterocycles. The fourth-order valence-corrected chi connectivity index (χ4v) is 2.26. The van der Waals surface area contributed by atoms with Gasteiger partial charge in [0.2, 0.25) is 5.91 Å². The normalized spacial score (nSPS) is 13.4. The van der Waals surface area contributed by atoms with Crippen molar-refractivity contribution in [3.8, 4) is 0 Å². The van der Waals surface area contributed by atoms with Gasteiger partial charge in [-0.2, -0.15) is 0 Å². The molecule has 2 rings (SSSR count). The molecule has 21 heavy (non-hydrogen) atoms. The average Bonchev–Trinajstić information content (AvgIpc) is 2.55. The van der Waals surface area contributed by atoms with Crippen molar-refractivity contribution in [3.63, 3.8) is 0 Å². The number of carbonyl (C=O) groups excluding carboxylic acids is 1. The van der Waals surface area contributed by atoms with E-state index in [1.165, 1.54) is 0 Å². The van der Waals surface area contributed by atoms with E-state index in [-0.39, 0.29) is 17.9 Å². The molecule has 110 valence electrons. The second-order valence-electron chi connectivity index (χ2n) is 5.23. The Morgan fingerprint density at radius 1 is 1.00 bits per heavy atom. The minimum atomic E-state index is -0.140. The van der Waals surface area contributed by atoms with Crippen molar-refractivity contribution in [2.75, 3.05) is 6.54 Å². The zero-order valence-electron chi connectivity index (χ0n) is 12.3. The summed E-state index contributed by atoms with van der Waals surface area (Å²) in [4.78, 5) is 12.1. The summed E-state index contributed by atoms with van der Waals surface area (Å²) in [7, 11) is 0. The van der Waals surface area contributed by atoms with Crippen LogP contribution in [0, 0.1) is 0 Å². The van der Waals surface area contributed by atoms with Crippen molar-refractivity contribution in [1.29, 1.82) is 0 Å². The van der Waals surface area contributed by atoms with Crippen LogP contribution in [0.4, 0.5) is 0 Å². The van der Waals surface area contributed by atoms with Gasteiger partial charge in [0.1, 0.15) is 0 Å². The maximum Gasteiger partial charge on any atom is 0.227 e. The molecule has 2 aromatic carbocycles. The second kappa shape index (κ2) is 7.60. The topological polar surface area (TPSA) is 55.1 Å². The molecule has 3 nitrogen and oxygen atoms in total. The lowest BCUT2D eigenvalue weighted by atomic mass is 10.0. The minimum absolute atomic E-state index is 0.0430. The monoisotopic (exact) mass is 282 g/mol. The Balaban J connectivity index is 1.79. The fourth-order valence-electron chi connectivity index (χ4n) is 2.26. The molecule has 0 bridgehead atoms. The Bertz CT molecular complexity index is 554. The molecule has 2 atom stereocenters. The lowest BCUT2D eigenvalue weighted by molar-refractivity contribution is -0.122. The van der Waals surface area contributed by atoms with Crippen molar-refractivity contribution in [2.24, 2.45) is 5.73 Å². The Labute approximate surface area is 126 Å². The number of benzene rings is 2. The Morgan fingerprint density at radius 2 is 1.52 bits per heavy atom. The van der Waals surface area contributed by atoms with E-state index in [0.29, 0.717) is 6.54 Å².